The largest absolute Gasteiger partial charge is 0.484 e. The minimum Gasteiger partial charge on any atom is -0.484 e. The number of benzene rings is 2. The molecule has 106 valence electrons. The Hall–Kier alpha value is -2.82. The van der Waals surface area contributed by atoms with E-state index in [-0.39, 0.29) is 12.5 Å². The van der Waals surface area contributed by atoms with Crippen molar-refractivity contribution in [2.75, 3.05) is 11.9 Å². The van der Waals surface area contributed by atoms with E-state index in [0.29, 0.717) is 22.9 Å². The minimum absolute atomic E-state index is 0.0442. The summed E-state index contributed by atoms with van der Waals surface area (Å²) in [5.41, 5.74) is 2.07. The maximum absolute atomic E-state index is 11.8. The van der Waals surface area contributed by atoms with Crippen LogP contribution in [0.3, 0.4) is 0 Å². The number of aryl methyl sites for hydroxylation is 1. The van der Waals surface area contributed by atoms with Crippen LogP contribution in [0.15, 0.2) is 52.9 Å². The van der Waals surface area contributed by atoms with Gasteiger partial charge in [-0.2, -0.15) is 0 Å². The van der Waals surface area contributed by atoms with E-state index < -0.39 is 0 Å². The van der Waals surface area contributed by atoms with Gasteiger partial charge in [-0.05, 0) is 24.3 Å². The summed E-state index contributed by atoms with van der Waals surface area (Å²) in [7, 11) is 0. The molecule has 3 rings (SSSR count). The SMILES string of the molecule is Cc1nc2ccc(NC(=O)COc3ccccc3)cc2o1. The molecule has 3 aromatic rings. The summed E-state index contributed by atoms with van der Waals surface area (Å²) in [5, 5.41) is 2.76. The zero-order valence-electron chi connectivity index (χ0n) is 11.5. The van der Waals surface area contributed by atoms with Gasteiger partial charge in [0.05, 0.1) is 0 Å². The fraction of sp³-hybridized carbons (Fsp3) is 0.125. The van der Waals surface area contributed by atoms with Crippen LogP contribution in [0.5, 0.6) is 5.75 Å². The molecule has 0 fully saturated rings. The van der Waals surface area contributed by atoms with Gasteiger partial charge in [-0.3, -0.25) is 4.79 Å². The number of para-hydroxylation sites is 1. The van der Waals surface area contributed by atoms with E-state index in [9.17, 15) is 4.79 Å². The maximum atomic E-state index is 11.8. The molecule has 1 aromatic heterocycles. The average molecular weight is 282 g/mol. The summed E-state index contributed by atoms with van der Waals surface area (Å²) >= 11 is 0. The van der Waals surface area contributed by atoms with Crippen LogP contribution in [0.4, 0.5) is 5.69 Å². The molecule has 0 aliphatic heterocycles. The second-order valence-electron chi connectivity index (χ2n) is 4.57. The number of hydrogen-bond donors (Lipinski definition) is 1. The van der Waals surface area contributed by atoms with E-state index in [2.05, 4.69) is 10.3 Å². The van der Waals surface area contributed by atoms with E-state index in [1.807, 2.05) is 18.2 Å². The van der Waals surface area contributed by atoms with Crippen LogP contribution in [0.2, 0.25) is 0 Å². The fourth-order valence-electron chi connectivity index (χ4n) is 1.98. The summed E-state index contributed by atoms with van der Waals surface area (Å²) in [5.74, 6) is 1.03. The van der Waals surface area contributed by atoms with E-state index in [1.165, 1.54) is 0 Å². The molecule has 2 aromatic carbocycles. The summed E-state index contributed by atoms with van der Waals surface area (Å²) in [4.78, 5) is 16.1. The Morgan fingerprint density at radius 3 is 2.86 bits per heavy atom. The third-order valence-corrected chi connectivity index (χ3v) is 2.89. The molecule has 1 amide bonds. The van der Waals surface area contributed by atoms with Crippen molar-refractivity contribution in [3.05, 3.63) is 54.4 Å². The number of anilines is 1. The predicted octanol–water partition coefficient (Wildman–Crippen LogP) is 3.15. The molecule has 0 aliphatic rings. The number of ether oxygens (including phenoxy) is 1. The van der Waals surface area contributed by atoms with Gasteiger partial charge in [-0.25, -0.2) is 4.98 Å². The van der Waals surface area contributed by atoms with Crippen molar-refractivity contribution in [1.29, 1.82) is 0 Å². The van der Waals surface area contributed by atoms with Crippen molar-refractivity contribution in [3.8, 4) is 5.75 Å². The lowest BCUT2D eigenvalue weighted by Gasteiger charge is -2.07. The van der Waals surface area contributed by atoms with Crippen molar-refractivity contribution < 1.29 is 13.9 Å². The fourth-order valence-corrected chi connectivity index (χ4v) is 1.98. The molecular weight excluding hydrogens is 268 g/mol. The van der Waals surface area contributed by atoms with E-state index in [4.69, 9.17) is 9.15 Å². The first-order valence-electron chi connectivity index (χ1n) is 6.55. The molecule has 5 heteroatoms. The highest BCUT2D eigenvalue weighted by Crippen LogP contribution is 2.19. The third-order valence-electron chi connectivity index (χ3n) is 2.89. The van der Waals surface area contributed by atoms with Crippen LogP contribution < -0.4 is 10.1 Å². The molecule has 0 atom stereocenters. The molecule has 0 unspecified atom stereocenters. The Kier molecular flexibility index (Phi) is 3.55. The summed E-state index contributed by atoms with van der Waals surface area (Å²) < 4.78 is 10.8. The molecular formula is C16H14N2O3. The van der Waals surface area contributed by atoms with Gasteiger partial charge in [-0.1, -0.05) is 18.2 Å². The lowest BCUT2D eigenvalue weighted by Crippen LogP contribution is -2.20. The van der Waals surface area contributed by atoms with Crippen molar-refractivity contribution in [1.82, 2.24) is 4.98 Å². The zero-order valence-corrected chi connectivity index (χ0v) is 11.5. The quantitative estimate of drug-likeness (QED) is 0.798. The number of oxazole rings is 1. The molecule has 0 saturated carbocycles. The van der Waals surface area contributed by atoms with Gasteiger partial charge < -0.3 is 14.5 Å². The first kappa shape index (κ1) is 13.2. The van der Waals surface area contributed by atoms with Crippen LogP contribution >= 0.6 is 0 Å². The summed E-state index contributed by atoms with van der Waals surface area (Å²) in [6.07, 6.45) is 0. The first-order valence-corrected chi connectivity index (χ1v) is 6.55. The van der Waals surface area contributed by atoms with Gasteiger partial charge in [0.2, 0.25) is 0 Å². The third kappa shape index (κ3) is 3.20. The topological polar surface area (TPSA) is 64.4 Å². The normalized spacial score (nSPS) is 10.5. The van der Waals surface area contributed by atoms with Gasteiger partial charge in [-0.15, -0.1) is 0 Å². The first-order chi connectivity index (χ1) is 10.2. The molecule has 0 radical (unpaired) electrons. The number of amides is 1. The molecule has 1 heterocycles. The molecule has 5 nitrogen and oxygen atoms in total. The number of aromatic nitrogens is 1. The van der Waals surface area contributed by atoms with E-state index in [0.717, 1.165) is 5.52 Å². The van der Waals surface area contributed by atoms with Crippen LogP contribution in [0.25, 0.3) is 11.1 Å². The van der Waals surface area contributed by atoms with Crippen LogP contribution in [0.1, 0.15) is 5.89 Å². The van der Waals surface area contributed by atoms with Crippen molar-refractivity contribution >= 4 is 22.7 Å². The summed E-state index contributed by atoms with van der Waals surface area (Å²) in [6, 6.07) is 14.5. The van der Waals surface area contributed by atoms with Crippen molar-refractivity contribution in [2.24, 2.45) is 0 Å². The lowest BCUT2D eigenvalue weighted by molar-refractivity contribution is -0.118. The number of fused-ring (bicyclic) bond motifs is 1. The minimum atomic E-state index is -0.227. The molecule has 21 heavy (non-hydrogen) atoms. The smallest absolute Gasteiger partial charge is 0.262 e. The van der Waals surface area contributed by atoms with Gasteiger partial charge in [0.1, 0.15) is 11.3 Å². The number of nitrogens with one attached hydrogen (secondary N) is 1. The number of rotatable bonds is 4. The Bertz CT molecular complexity index is 766. The highest BCUT2D eigenvalue weighted by molar-refractivity contribution is 5.93. The standard InChI is InChI=1S/C16H14N2O3/c1-11-17-14-8-7-12(9-15(14)21-11)18-16(19)10-20-13-5-3-2-4-6-13/h2-9H,10H2,1H3,(H,18,19). The Morgan fingerprint density at radius 2 is 2.05 bits per heavy atom. The average Bonchev–Trinajstić information content (AvgIpc) is 2.85. The van der Waals surface area contributed by atoms with Crippen LogP contribution in [0, 0.1) is 6.92 Å². The number of nitrogens with zero attached hydrogens (tertiary/aromatic N) is 1. The van der Waals surface area contributed by atoms with Gasteiger partial charge in [0.15, 0.2) is 18.1 Å². The van der Waals surface area contributed by atoms with E-state index >= 15 is 0 Å². The number of carbonyl (C=O) groups excluding carboxylic acids is 1. The molecule has 1 N–H and O–H groups in total. The summed E-state index contributed by atoms with van der Waals surface area (Å²) in [6.45, 7) is 1.74. The van der Waals surface area contributed by atoms with E-state index in [1.54, 1.807) is 37.3 Å². The number of hydrogen-bond acceptors (Lipinski definition) is 4. The second kappa shape index (κ2) is 5.66. The molecule has 0 saturated heterocycles. The Labute approximate surface area is 121 Å². The molecule has 0 bridgehead atoms. The highest BCUT2D eigenvalue weighted by atomic mass is 16.5. The van der Waals surface area contributed by atoms with Crippen LogP contribution in [-0.4, -0.2) is 17.5 Å². The lowest BCUT2D eigenvalue weighted by atomic mass is 10.3. The van der Waals surface area contributed by atoms with Gasteiger partial charge >= 0.3 is 0 Å². The highest BCUT2D eigenvalue weighted by Gasteiger charge is 2.07. The van der Waals surface area contributed by atoms with Crippen molar-refractivity contribution in [2.45, 2.75) is 6.92 Å². The number of carbonyl (C=O) groups is 1. The second-order valence-corrected chi connectivity index (χ2v) is 4.57. The monoisotopic (exact) mass is 282 g/mol. The molecule has 0 aliphatic carbocycles. The van der Waals surface area contributed by atoms with Crippen LogP contribution in [-0.2, 0) is 4.79 Å². The Balaban J connectivity index is 1.63. The zero-order chi connectivity index (χ0) is 14.7. The predicted molar refractivity (Wildman–Crippen MR) is 79.3 cm³/mol. The Morgan fingerprint density at radius 1 is 1.24 bits per heavy atom. The van der Waals surface area contributed by atoms with Crippen molar-refractivity contribution in [3.63, 3.8) is 0 Å². The maximum Gasteiger partial charge on any atom is 0.262 e. The van der Waals surface area contributed by atoms with Gasteiger partial charge in [0, 0.05) is 18.7 Å². The molecule has 0 spiro atoms. The van der Waals surface area contributed by atoms with Gasteiger partial charge in [0.25, 0.3) is 5.91 Å².